The smallest absolute Gasteiger partial charge is 0.417 e. The van der Waals surface area contributed by atoms with Gasteiger partial charge in [-0.2, -0.15) is 8.97 Å². The SMILES string of the molecule is CC(O)=CC(C)O.Cc1cc[n+]2c(n1)-c1ccccc1C2.[2H]c1[c-]c(-c2ncc([2H])c([2H])c2[2H])c([2H])c([2H])c1[2H].[Ir].[Ir].[c-]1ccccc1-c1nc2ccccc2n1-c1ccccc1.c1cc2c3c(c1)c1ccccc1n1c4ccccc4[n+](c31)C2.c1cc[n+]2c(c1)-c1c(ccc3c1sc1ccccc13)C2.c1ccc2c(c1)-c1cccc[n+]1C21c2ccc3c(sc4ccccc43)c2-c2cccc[n+]21. The quantitative estimate of drug-likeness (QED) is 0.0790. The zero-order chi connectivity index (χ0) is 92.0. The second-order valence-electron chi connectivity index (χ2n) is 32.1. The van der Waals surface area contributed by atoms with Gasteiger partial charge in [0.05, 0.1) is 71.4 Å². The molecule has 13 aromatic carbocycles. The van der Waals surface area contributed by atoms with Crippen LogP contribution in [0.15, 0.2) is 413 Å². The fraction of sp³-hybridized carbons (Fsp3) is 0.0702. The van der Waals surface area contributed by atoms with Crippen LogP contribution in [0.2, 0.25) is 0 Å². The Hall–Kier alpha value is -14.3. The molecule has 5 aliphatic rings. The number of benzene rings is 13. The molecule has 2 radical (unpaired) electrons. The van der Waals surface area contributed by atoms with Crippen molar-refractivity contribution in [2.45, 2.75) is 52.2 Å². The average molecular weight is 2080 g/mol. The number of thiophene rings is 2. The summed E-state index contributed by atoms with van der Waals surface area (Å²) in [6, 6.07) is 120. The maximum Gasteiger partial charge on any atom is 0.417 e. The first-order valence-corrected chi connectivity index (χ1v) is 44.3. The molecule has 12 nitrogen and oxygen atoms in total. The van der Waals surface area contributed by atoms with Crippen LogP contribution in [0.4, 0.5) is 0 Å². The van der Waals surface area contributed by atoms with E-state index in [4.69, 9.17) is 24.8 Å². The van der Waals surface area contributed by atoms with Gasteiger partial charge in [0.15, 0.2) is 41.9 Å². The van der Waals surface area contributed by atoms with E-state index in [1.165, 1.54) is 159 Å². The number of hydrogen-bond donors (Lipinski definition) is 2. The third kappa shape index (κ3) is 14.8. The number of nitrogens with zero attached hydrogens (tertiary/aromatic N) is 10. The molecule has 2 atom stereocenters. The van der Waals surface area contributed by atoms with Gasteiger partial charge in [-0.1, -0.05) is 176 Å². The number of pyridine rings is 5. The van der Waals surface area contributed by atoms with Gasteiger partial charge in [-0.25, -0.2) is 9.13 Å². The first-order chi connectivity index (χ1) is 66.0. The van der Waals surface area contributed by atoms with Crippen molar-refractivity contribution in [2.24, 2.45) is 0 Å². The standard InChI is InChI=1S/C29H18N2S.C20H13N2.C19H13N2.C18H12NS.C12H11N2.C11H8N.C5H10O2.2Ir/c1-3-11-22-21(10-1)24-12-5-7-17-30(24)29(22)23-16-15-20-19-9-2-4-14-26(19)32-28(20)27(23)25-13-6-8-18-31(25)29;1-2-9-16-14(7-1)15-8-5-6-13-12-21-17-10-3-4-11-18(17)22(16)20(21)19(13)15;1-3-9-15(10-4-1)19-20-17-13-7-8-14-18(17)21(19)16-11-5-2-6-12-16;1-2-7-16-13(5-1)14-9-8-12-11-19-10-4-3-6-15(19)17(12)18(14)20-16;1-9-6-7-14-8-10-4-2-3-5-11(10)12(14)13-9;1-2-6-10(7-3-1)11-8-4-5-9-12-11;1-4(6)3-5(2)7;;/h1-18H;1-11H,12H2;1-9,11-14H;1-10H,11H2;2-7H,8H2,1H3;1-6,8-9H;3-4,6-7H,1-2H3;;/q+2;+1;-1;2*+1;-1;;;/i;;;;;1D,2D,3D,4D,5D,6D,8D;;;. The number of imidazole rings is 2. The first kappa shape index (κ1) is 75.8. The van der Waals surface area contributed by atoms with E-state index in [-0.39, 0.29) is 87.4 Å². The Labute approximate surface area is 797 Å². The van der Waals surface area contributed by atoms with Gasteiger partial charge in [0.2, 0.25) is 17.1 Å². The summed E-state index contributed by atoms with van der Waals surface area (Å²) in [6.07, 6.45) is 10.7. The Morgan fingerprint density at radius 1 is 0.485 bits per heavy atom. The molecule has 0 fully saturated rings. The van der Waals surface area contributed by atoms with E-state index in [0.717, 1.165) is 65.5 Å². The molecule has 16 heteroatoms. The molecule has 15 heterocycles. The Morgan fingerprint density at radius 3 is 1.88 bits per heavy atom. The number of allylic oxidation sites excluding steroid dienone is 1. The summed E-state index contributed by atoms with van der Waals surface area (Å²) in [4.78, 5) is 13.2. The minimum Gasteiger partial charge on any atom is -0.513 e. The van der Waals surface area contributed by atoms with E-state index in [2.05, 4.69) is 346 Å². The van der Waals surface area contributed by atoms with E-state index in [1.807, 2.05) is 90.3 Å². The molecule has 28 rings (SSSR count). The summed E-state index contributed by atoms with van der Waals surface area (Å²) < 4.78 is 74.9. The van der Waals surface area contributed by atoms with Crippen LogP contribution in [-0.2, 0) is 65.5 Å². The molecule has 2 N–H and O–H groups in total. The van der Waals surface area contributed by atoms with Crippen LogP contribution in [0.3, 0.4) is 0 Å². The number of rotatable bonds is 4. The second-order valence-corrected chi connectivity index (χ2v) is 34.2. The Morgan fingerprint density at radius 2 is 1.11 bits per heavy atom. The molecule has 630 valence electrons. The van der Waals surface area contributed by atoms with Gasteiger partial charge in [-0.3, -0.25) is 4.98 Å². The minimum atomic E-state index is -0.537. The maximum atomic E-state index is 8.49. The molecular formula is C114H85Ir2N10O2S2+3. The minimum absolute atomic E-state index is 0. The van der Waals surface area contributed by atoms with Crippen molar-refractivity contribution in [2.75, 3.05) is 0 Å². The third-order valence-corrected chi connectivity index (χ3v) is 26.7. The number of fused-ring (bicyclic) bond motifs is 31. The Balaban J connectivity index is 0.000000101. The maximum absolute atomic E-state index is 8.49. The fourth-order valence-corrected chi connectivity index (χ4v) is 21.6. The molecule has 1 spiro atoms. The van der Waals surface area contributed by atoms with E-state index in [1.54, 1.807) is 6.92 Å². The number of hydrogen-bond acceptors (Lipinski definition) is 7. The van der Waals surface area contributed by atoms with Gasteiger partial charge in [0, 0.05) is 167 Å². The van der Waals surface area contributed by atoms with Crippen LogP contribution in [-0.4, -0.2) is 40.2 Å². The molecule has 5 aliphatic heterocycles. The van der Waals surface area contributed by atoms with Crippen LogP contribution >= 0.6 is 22.7 Å². The second kappa shape index (κ2) is 35.7. The van der Waals surface area contributed by atoms with Crippen molar-refractivity contribution in [3.63, 3.8) is 0 Å². The summed E-state index contributed by atoms with van der Waals surface area (Å²) in [5, 5.41) is 26.5. The van der Waals surface area contributed by atoms with Crippen LogP contribution in [0.25, 0.3) is 163 Å². The molecule has 10 aromatic heterocycles. The summed E-state index contributed by atoms with van der Waals surface area (Å²) in [5.74, 6) is 2.18. The van der Waals surface area contributed by atoms with E-state index in [0.29, 0.717) is 0 Å². The molecule has 0 amide bonds. The third-order valence-electron chi connectivity index (χ3n) is 24.3. The van der Waals surface area contributed by atoms with Gasteiger partial charge in [0.25, 0.3) is 5.65 Å². The first-order valence-electron chi connectivity index (χ1n) is 46.2. The van der Waals surface area contributed by atoms with Gasteiger partial charge in [0.1, 0.15) is 29.7 Å². The molecule has 2 unspecified atom stereocenters. The molecule has 23 aromatic rings. The van der Waals surface area contributed by atoms with Gasteiger partial charge < -0.3 is 19.8 Å². The molecule has 130 heavy (non-hydrogen) atoms. The van der Waals surface area contributed by atoms with Crippen molar-refractivity contribution >= 4 is 112 Å². The normalized spacial score (nSPS) is 14.2. The summed E-state index contributed by atoms with van der Waals surface area (Å²) in [5.41, 5.74) is 26.2. The van der Waals surface area contributed by atoms with Crippen LogP contribution in [0, 0.1) is 19.1 Å². The number of aryl methyl sites for hydroxylation is 1. The zero-order valence-corrected chi connectivity index (χ0v) is 77.1. The molecular weight excluding hydrogens is 1990 g/mol. The monoisotopic (exact) mass is 2080 g/mol. The van der Waals surface area contributed by atoms with E-state index >= 15 is 0 Å². The molecule has 0 bridgehead atoms. The average Bonchev–Trinajstić information content (AvgIpc) is 1.50. The fourth-order valence-electron chi connectivity index (χ4n) is 19.1. The van der Waals surface area contributed by atoms with Crippen molar-refractivity contribution in [1.82, 2.24) is 23.9 Å². The number of para-hydroxylation sites is 6. The van der Waals surface area contributed by atoms with Crippen LogP contribution in [0.1, 0.15) is 57.0 Å². The predicted molar refractivity (Wildman–Crippen MR) is 518 cm³/mol. The predicted octanol–water partition coefficient (Wildman–Crippen LogP) is 23.9. The largest absolute Gasteiger partial charge is 0.513 e. The van der Waals surface area contributed by atoms with Crippen LogP contribution in [0.5, 0.6) is 0 Å². The van der Waals surface area contributed by atoms with Crippen molar-refractivity contribution in [1.29, 1.82) is 0 Å². The van der Waals surface area contributed by atoms with Crippen molar-refractivity contribution in [3.8, 4) is 73.5 Å². The summed E-state index contributed by atoms with van der Waals surface area (Å²) in [6.45, 7) is 8.06. The number of aliphatic hydroxyl groups excluding tert-OH is 2. The van der Waals surface area contributed by atoms with Gasteiger partial charge in [-0.05, 0) is 136 Å². The van der Waals surface area contributed by atoms with Crippen molar-refractivity contribution in [3.05, 3.63) is 458 Å². The number of aromatic nitrogens is 10. The Bertz CT molecular complexity index is 8720. The molecule has 0 saturated heterocycles. The topological polar surface area (TPSA) is 108 Å². The number of aliphatic hydroxyl groups is 2. The summed E-state index contributed by atoms with van der Waals surface area (Å²) in [7, 11) is 0. The van der Waals surface area contributed by atoms with Gasteiger partial charge in [-0.15, -0.1) is 104 Å². The summed E-state index contributed by atoms with van der Waals surface area (Å²) >= 11 is 3.83. The van der Waals surface area contributed by atoms with E-state index < -0.39 is 23.9 Å². The van der Waals surface area contributed by atoms with E-state index in [9.17, 15) is 0 Å². The van der Waals surface area contributed by atoms with Gasteiger partial charge >= 0.3 is 11.5 Å². The molecule has 0 aliphatic carbocycles. The van der Waals surface area contributed by atoms with Crippen LogP contribution < -0.4 is 22.8 Å². The molecule has 0 saturated carbocycles. The van der Waals surface area contributed by atoms with Crippen molar-refractivity contribution < 1.29 is 82.9 Å². The Kier molecular flexibility index (Phi) is 20.9. The zero-order valence-electron chi connectivity index (χ0n) is 77.7.